The summed E-state index contributed by atoms with van der Waals surface area (Å²) in [6.45, 7) is 0.314. The zero-order valence-electron chi connectivity index (χ0n) is 16.7. The maximum absolute atomic E-state index is 13.2. The number of amides is 2. The number of rotatable bonds is 7. The van der Waals surface area contributed by atoms with Gasteiger partial charge in [-0.15, -0.1) is 0 Å². The Morgan fingerprint density at radius 3 is 2.25 bits per heavy atom. The Bertz CT molecular complexity index is 799. The van der Waals surface area contributed by atoms with Gasteiger partial charge in [-0.1, -0.05) is 49.2 Å². The lowest BCUT2D eigenvalue weighted by Gasteiger charge is -2.23. The predicted octanol–water partition coefficient (Wildman–Crippen LogP) is 4.10. The zero-order chi connectivity index (χ0) is 19.9. The number of hydrogen-bond acceptors (Lipinski definition) is 3. The summed E-state index contributed by atoms with van der Waals surface area (Å²) in [5.74, 6) is 0.178. The summed E-state index contributed by atoms with van der Waals surface area (Å²) >= 11 is 0. The highest BCUT2D eigenvalue weighted by Gasteiger charge is 2.32. The topological polar surface area (TPSA) is 61.4 Å². The van der Waals surface area contributed by atoms with Gasteiger partial charge in [-0.3, -0.25) is 9.59 Å². The van der Waals surface area contributed by atoms with Crippen LogP contribution in [0.5, 0.6) is 0 Å². The Hall–Kier alpha value is -2.66. The minimum Gasteiger partial charge on any atom is -0.325 e. The average molecular weight is 380 g/mol. The maximum Gasteiger partial charge on any atom is 0.238 e. The van der Waals surface area contributed by atoms with Gasteiger partial charge in [0.1, 0.15) is 0 Å². The van der Waals surface area contributed by atoms with Gasteiger partial charge in [0, 0.05) is 11.4 Å². The van der Waals surface area contributed by atoms with Crippen LogP contribution >= 0.6 is 0 Å². The third-order valence-corrected chi connectivity index (χ3v) is 5.19. The molecule has 0 aromatic heterocycles. The molecule has 5 heteroatoms. The van der Waals surface area contributed by atoms with E-state index in [1.54, 1.807) is 0 Å². The van der Waals surface area contributed by atoms with Gasteiger partial charge in [0.2, 0.25) is 11.8 Å². The van der Waals surface area contributed by atoms with Crippen molar-refractivity contribution >= 4 is 23.2 Å². The minimum atomic E-state index is -0.143. The molecule has 1 fully saturated rings. The van der Waals surface area contributed by atoms with Crippen molar-refractivity contribution in [3.8, 4) is 0 Å². The fourth-order valence-electron chi connectivity index (χ4n) is 3.97. The molecule has 1 aliphatic carbocycles. The van der Waals surface area contributed by atoms with E-state index in [0.29, 0.717) is 23.8 Å². The maximum atomic E-state index is 13.2. The second-order valence-corrected chi connectivity index (χ2v) is 7.79. The summed E-state index contributed by atoms with van der Waals surface area (Å²) in [5.41, 5.74) is 2.45. The molecule has 2 aromatic carbocycles. The number of anilines is 2. The van der Waals surface area contributed by atoms with Crippen molar-refractivity contribution < 1.29 is 9.59 Å². The van der Waals surface area contributed by atoms with Crippen molar-refractivity contribution in [2.45, 2.75) is 31.6 Å². The van der Waals surface area contributed by atoms with Crippen LogP contribution < -0.4 is 10.6 Å². The van der Waals surface area contributed by atoms with E-state index in [1.165, 1.54) is 12.8 Å². The van der Waals surface area contributed by atoms with Crippen molar-refractivity contribution in [3.63, 3.8) is 0 Å². The first-order chi connectivity index (χ1) is 13.5. The fraction of sp³-hybridized carbons (Fsp3) is 0.391. The molecule has 1 unspecified atom stereocenters. The molecule has 0 radical (unpaired) electrons. The summed E-state index contributed by atoms with van der Waals surface area (Å²) in [4.78, 5) is 27.0. The monoisotopic (exact) mass is 379 g/mol. The van der Waals surface area contributed by atoms with Gasteiger partial charge in [-0.05, 0) is 56.6 Å². The summed E-state index contributed by atoms with van der Waals surface area (Å²) in [5, 5.41) is 5.94. The van der Waals surface area contributed by atoms with Gasteiger partial charge in [0.15, 0.2) is 0 Å². The Morgan fingerprint density at radius 2 is 1.61 bits per heavy atom. The first-order valence-corrected chi connectivity index (χ1v) is 9.93. The van der Waals surface area contributed by atoms with E-state index in [-0.39, 0.29) is 17.7 Å². The SMILES string of the molecule is CN(C)CC(=O)Nc1cccc(NC(=O)C(c2ccccc2)C2CCCC2)c1. The molecule has 2 N–H and O–H groups in total. The Morgan fingerprint density at radius 1 is 0.964 bits per heavy atom. The number of carbonyl (C=O) groups is 2. The first kappa shape index (κ1) is 20.1. The molecule has 3 rings (SSSR count). The minimum absolute atomic E-state index is 0.0230. The highest BCUT2D eigenvalue weighted by molar-refractivity contribution is 5.97. The van der Waals surface area contributed by atoms with Crippen molar-refractivity contribution in [2.75, 3.05) is 31.3 Å². The number of likely N-dealkylation sites (N-methyl/N-ethyl adjacent to an activating group) is 1. The molecule has 0 bridgehead atoms. The lowest BCUT2D eigenvalue weighted by Crippen LogP contribution is -2.27. The van der Waals surface area contributed by atoms with Crippen LogP contribution in [-0.2, 0) is 9.59 Å². The summed E-state index contributed by atoms with van der Waals surface area (Å²) in [7, 11) is 3.70. The second-order valence-electron chi connectivity index (χ2n) is 7.79. The molecule has 5 nitrogen and oxygen atoms in total. The van der Waals surface area contributed by atoms with Gasteiger partial charge in [-0.2, -0.15) is 0 Å². The molecule has 28 heavy (non-hydrogen) atoms. The van der Waals surface area contributed by atoms with E-state index in [9.17, 15) is 9.59 Å². The van der Waals surface area contributed by atoms with Crippen LogP contribution in [0, 0.1) is 5.92 Å². The Kier molecular flexibility index (Phi) is 6.82. The third-order valence-electron chi connectivity index (χ3n) is 5.19. The van der Waals surface area contributed by atoms with Gasteiger partial charge < -0.3 is 15.5 Å². The first-order valence-electron chi connectivity index (χ1n) is 9.93. The summed E-state index contributed by atoms with van der Waals surface area (Å²) < 4.78 is 0. The van der Waals surface area contributed by atoms with Crippen LogP contribution in [0.4, 0.5) is 11.4 Å². The standard InChI is InChI=1S/C23H29N3O2/c1-26(2)16-21(27)24-19-13-8-14-20(15-19)25-23(28)22(18-11-6-7-12-18)17-9-4-3-5-10-17/h3-5,8-10,13-15,18,22H,6-7,11-12,16H2,1-2H3,(H,24,27)(H,25,28). The number of nitrogens with one attached hydrogen (secondary N) is 2. The normalized spacial score (nSPS) is 15.4. The second kappa shape index (κ2) is 9.51. The lowest BCUT2D eigenvalue weighted by molar-refractivity contribution is -0.119. The number of benzene rings is 2. The predicted molar refractivity (Wildman–Crippen MR) is 113 cm³/mol. The molecule has 0 heterocycles. The van der Waals surface area contributed by atoms with Gasteiger partial charge in [0.05, 0.1) is 12.5 Å². The van der Waals surface area contributed by atoms with Crippen LogP contribution in [0.3, 0.4) is 0 Å². The lowest BCUT2D eigenvalue weighted by atomic mass is 9.84. The van der Waals surface area contributed by atoms with Crippen LogP contribution in [0.25, 0.3) is 0 Å². The van der Waals surface area contributed by atoms with E-state index in [2.05, 4.69) is 10.6 Å². The average Bonchev–Trinajstić information content (AvgIpc) is 3.16. The highest BCUT2D eigenvalue weighted by Crippen LogP contribution is 2.38. The summed E-state index contributed by atoms with van der Waals surface area (Å²) in [6.07, 6.45) is 4.56. The van der Waals surface area contributed by atoms with Gasteiger partial charge >= 0.3 is 0 Å². The molecule has 148 valence electrons. The van der Waals surface area contributed by atoms with Gasteiger partial charge in [0.25, 0.3) is 0 Å². The molecule has 0 aliphatic heterocycles. The number of nitrogens with zero attached hydrogens (tertiary/aromatic N) is 1. The van der Waals surface area contributed by atoms with E-state index in [0.717, 1.165) is 18.4 Å². The Labute approximate surface area is 167 Å². The molecule has 1 atom stereocenters. The fourth-order valence-corrected chi connectivity index (χ4v) is 3.97. The van der Waals surface area contributed by atoms with Crippen LogP contribution in [0.2, 0.25) is 0 Å². The molecular weight excluding hydrogens is 350 g/mol. The number of hydrogen-bond donors (Lipinski definition) is 2. The highest BCUT2D eigenvalue weighted by atomic mass is 16.2. The van der Waals surface area contributed by atoms with E-state index in [4.69, 9.17) is 0 Å². The van der Waals surface area contributed by atoms with E-state index in [1.807, 2.05) is 73.6 Å². The van der Waals surface area contributed by atoms with E-state index >= 15 is 0 Å². The van der Waals surface area contributed by atoms with Crippen LogP contribution in [0.1, 0.15) is 37.2 Å². The smallest absolute Gasteiger partial charge is 0.238 e. The van der Waals surface area contributed by atoms with Gasteiger partial charge in [-0.25, -0.2) is 0 Å². The quantitative estimate of drug-likeness (QED) is 0.761. The van der Waals surface area contributed by atoms with Crippen molar-refractivity contribution in [1.29, 1.82) is 0 Å². The molecule has 2 amide bonds. The molecule has 2 aromatic rings. The Balaban J connectivity index is 1.73. The number of carbonyl (C=O) groups excluding carboxylic acids is 2. The zero-order valence-corrected chi connectivity index (χ0v) is 16.7. The molecular formula is C23H29N3O2. The van der Waals surface area contributed by atoms with E-state index < -0.39 is 0 Å². The molecule has 1 saturated carbocycles. The third kappa shape index (κ3) is 5.42. The molecule has 1 aliphatic rings. The van der Waals surface area contributed by atoms with Crippen LogP contribution in [0.15, 0.2) is 54.6 Å². The van der Waals surface area contributed by atoms with Crippen molar-refractivity contribution in [3.05, 3.63) is 60.2 Å². The molecule has 0 saturated heterocycles. The molecule has 0 spiro atoms. The van der Waals surface area contributed by atoms with Crippen LogP contribution in [-0.4, -0.2) is 37.4 Å². The van der Waals surface area contributed by atoms with Crippen molar-refractivity contribution in [2.24, 2.45) is 5.92 Å². The largest absolute Gasteiger partial charge is 0.325 e. The summed E-state index contributed by atoms with van der Waals surface area (Å²) in [6, 6.07) is 17.4. The van der Waals surface area contributed by atoms with Crippen molar-refractivity contribution in [1.82, 2.24) is 4.90 Å².